The predicted molar refractivity (Wildman–Crippen MR) is 51.1 cm³/mol. The summed E-state index contributed by atoms with van der Waals surface area (Å²) in [5.41, 5.74) is -2.16. The summed E-state index contributed by atoms with van der Waals surface area (Å²) < 4.78 is 0. The molecule has 0 aliphatic rings. The second-order valence-corrected chi connectivity index (χ2v) is 2.88. The van der Waals surface area contributed by atoms with Crippen LogP contribution in [-0.2, 0) is 22.4 Å². The molecule has 0 saturated heterocycles. The van der Waals surface area contributed by atoms with Crippen LogP contribution in [0.15, 0.2) is 12.1 Å². The maximum Gasteiger partial charge on any atom is 1.00 e. The van der Waals surface area contributed by atoms with Gasteiger partial charge < -0.3 is 0 Å². The van der Waals surface area contributed by atoms with Gasteiger partial charge in [0, 0.05) is 0 Å². The van der Waals surface area contributed by atoms with E-state index in [1.807, 2.05) is 0 Å². The third kappa shape index (κ3) is 3.06. The zero-order valence-electron chi connectivity index (χ0n) is 8.25. The third-order valence-corrected chi connectivity index (χ3v) is 1.94. The number of nitro benzene ring substituents is 3. The van der Waals surface area contributed by atoms with Crippen molar-refractivity contribution < 1.29 is 37.2 Å². The summed E-state index contributed by atoms with van der Waals surface area (Å²) in [7, 11) is 0. The van der Waals surface area contributed by atoms with Crippen LogP contribution in [0.5, 0.6) is 0 Å². The number of hydrogen-bond acceptors (Lipinski definition) is 6. The first-order valence-corrected chi connectivity index (χ1v) is 3.92. The average molecular weight is 424 g/mol. The largest absolute Gasteiger partial charge is 1.00 e. The van der Waals surface area contributed by atoms with Crippen LogP contribution in [0.4, 0.5) is 17.1 Å². The molecule has 1 aromatic carbocycles. The Bertz CT molecular complexity index is 467. The van der Waals surface area contributed by atoms with E-state index in [1.165, 1.54) is 6.92 Å². The molecule has 0 bridgehead atoms. The van der Waals surface area contributed by atoms with E-state index >= 15 is 0 Å². The summed E-state index contributed by atoms with van der Waals surface area (Å²) in [6.07, 6.45) is 0. The van der Waals surface area contributed by atoms with Crippen molar-refractivity contribution in [2.24, 2.45) is 0 Å². The fraction of sp³-hybridized carbons (Fsp3) is 0.143. The van der Waals surface area contributed by atoms with Gasteiger partial charge in [-0.2, -0.15) is 0 Å². The molecular formula is C7H5AuN3O6+. The predicted octanol–water partition coefficient (Wildman–Crippen LogP) is 1.72. The molecule has 10 heteroatoms. The zero-order chi connectivity index (χ0) is 12.5. The van der Waals surface area contributed by atoms with E-state index < -0.39 is 31.8 Å². The molecule has 9 nitrogen and oxygen atoms in total. The van der Waals surface area contributed by atoms with E-state index in [1.54, 1.807) is 0 Å². The quantitative estimate of drug-likeness (QED) is 0.413. The fourth-order valence-electron chi connectivity index (χ4n) is 1.15. The van der Waals surface area contributed by atoms with E-state index in [0.29, 0.717) is 12.1 Å². The molecule has 0 aliphatic carbocycles. The molecule has 94 valence electrons. The van der Waals surface area contributed by atoms with E-state index in [-0.39, 0.29) is 27.9 Å². The molecule has 0 atom stereocenters. The molecule has 17 heavy (non-hydrogen) atoms. The van der Waals surface area contributed by atoms with Crippen molar-refractivity contribution in [3.63, 3.8) is 0 Å². The van der Waals surface area contributed by atoms with E-state index in [4.69, 9.17) is 0 Å². The Morgan fingerprint density at radius 3 is 1.47 bits per heavy atom. The van der Waals surface area contributed by atoms with Crippen molar-refractivity contribution in [3.05, 3.63) is 48.0 Å². The van der Waals surface area contributed by atoms with Gasteiger partial charge in [0.15, 0.2) is 0 Å². The maximum absolute atomic E-state index is 10.5. The molecule has 1 aromatic rings. The van der Waals surface area contributed by atoms with Crippen LogP contribution in [0.25, 0.3) is 0 Å². The van der Waals surface area contributed by atoms with Crippen molar-refractivity contribution in [2.45, 2.75) is 6.92 Å². The number of hydrogen-bond donors (Lipinski definition) is 0. The van der Waals surface area contributed by atoms with Crippen LogP contribution < -0.4 is 0 Å². The number of nitrogens with zero attached hydrogens (tertiary/aromatic N) is 3. The standard InChI is InChI=1S/C7H5N3O6.Au/c1-4-6(9(13)14)2-5(8(11)12)3-7(4)10(15)16;/h2-3H,1H3;/q;+1. The number of rotatable bonds is 3. The SMILES string of the molecule is Cc1c([N+](=O)[O-])cc([N+](=O)[O-])cc1[N+](=O)[O-].[Au+]. The monoisotopic (exact) mass is 424 g/mol. The molecule has 0 saturated carbocycles. The Morgan fingerprint density at radius 2 is 1.24 bits per heavy atom. The summed E-state index contributed by atoms with van der Waals surface area (Å²) in [6, 6.07) is 1.39. The number of benzene rings is 1. The van der Waals surface area contributed by atoms with Gasteiger partial charge in [-0.05, 0) is 6.92 Å². The molecular weight excluding hydrogens is 419 g/mol. The second kappa shape index (κ2) is 5.48. The molecule has 1 rings (SSSR count). The smallest absolute Gasteiger partial charge is 0.258 e. The van der Waals surface area contributed by atoms with Gasteiger partial charge in [-0.25, -0.2) is 0 Å². The van der Waals surface area contributed by atoms with Crippen LogP contribution in [0.1, 0.15) is 5.56 Å². The number of nitro groups is 3. The van der Waals surface area contributed by atoms with Gasteiger partial charge in [-0.3, -0.25) is 30.3 Å². The Morgan fingerprint density at radius 1 is 0.882 bits per heavy atom. The van der Waals surface area contributed by atoms with Crippen LogP contribution in [0.3, 0.4) is 0 Å². The van der Waals surface area contributed by atoms with Gasteiger partial charge in [-0.1, -0.05) is 0 Å². The fourth-order valence-corrected chi connectivity index (χ4v) is 1.15. The van der Waals surface area contributed by atoms with Crippen molar-refractivity contribution in [1.29, 1.82) is 0 Å². The first-order valence-electron chi connectivity index (χ1n) is 3.92. The maximum atomic E-state index is 10.5. The van der Waals surface area contributed by atoms with Crippen LogP contribution in [-0.4, -0.2) is 14.8 Å². The summed E-state index contributed by atoms with van der Waals surface area (Å²) in [5, 5.41) is 31.5. The second-order valence-electron chi connectivity index (χ2n) is 2.88. The van der Waals surface area contributed by atoms with Crippen LogP contribution in [0, 0.1) is 37.3 Å². The average Bonchev–Trinajstić information content (AvgIpc) is 2.16. The first-order chi connectivity index (χ1) is 7.34. The molecule has 0 unspecified atom stereocenters. The molecule has 0 aromatic heterocycles. The van der Waals surface area contributed by atoms with Gasteiger partial charge in [-0.15, -0.1) is 0 Å². The Kier molecular flexibility index (Phi) is 4.88. The number of non-ortho nitro benzene ring substituents is 1. The van der Waals surface area contributed by atoms with Crippen molar-refractivity contribution in [3.8, 4) is 0 Å². The van der Waals surface area contributed by atoms with Gasteiger partial charge in [0.1, 0.15) is 5.56 Å². The minimum Gasteiger partial charge on any atom is -0.258 e. The Balaban J connectivity index is 0.00000256. The normalized spacial score (nSPS) is 9.24. The van der Waals surface area contributed by atoms with Crippen LogP contribution >= 0.6 is 0 Å². The summed E-state index contributed by atoms with van der Waals surface area (Å²) >= 11 is 0. The van der Waals surface area contributed by atoms with Crippen molar-refractivity contribution in [1.82, 2.24) is 0 Å². The molecule has 0 fully saturated rings. The van der Waals surface area contributed by atoms with Gasteiger partial charge in [0.05, 0.1) is 26.9 Å². The van der Waals surface area contributed by atoms with Gasteiger partial charge >= 0.3 is 22.4 Å². The summed E-state index contributed by atoms with van der Waals surface area (Å²) in [4.78, 5) is 28.8. The zero-order valence-corrected chi connectivity index (χ0v) is 10.4. The Labute approximate surface area is 109 Å². The summed E-state index contributed by atoms with van der Waals surface area (Å²) in [6.45, 7) is 1.17. The van der Waals surface area contributed by atoms with E-state index in [2.05, 4.69) is 0 Å². The first kappa shape index (κ1) is 15.2. The van der Waals surface area contributed by atoms with Crippen molar-refractivity contribution in [2.75, 3.05) is 0 Å². The Hall–Kier alpha value is -1.84. The molecule has 0 aliphatic heterocycles. The van der Waals surface area contributed by atoms with Crippen LogP contribution in [0.2, 0.25) is 0 Å². The van der Waals surface area contributed by atoms with E-state index in [0.717, 1.165) is 0 Å². The summed E-state index contributed by atoms with van der Waals surface area (Å²) in [5.74, 6) is 0. The van der Waals surface area contributed by atoms with Gasteiger partial charge in [0.2, 0.25) is 0 Å². The topological polar surface area (TPSA) is 129 Å². The third-order valence-electron chi connectivity index (χ3n) is 1.94. The molecule has 0 amide bonds. The molecule has 0 heterocycles. The van der Waals surface area contributed by atoms with E-state index in [9.17, 15) is 30.3 Å². The van der Waals surface area contributed by atoms with Gasteiger partial charge in [0.25, 0.3) is 17.1 Å². The minimum absolute atomic E-state index is 0. The molecule has 0 radical (unpaired) electrons. The molecule has 0 spiro atoms. The minimum atomic E-state index is -0.917. The van der Waals surface area contributed by atoms with Crippen molar-refractivity contribution >= 4 is 17.1 Å². The molecule has 0 N–H and O–H groups in total.